The largest absolute Gasteiger partial charge is 0.379 e. The molecule has 6 rings (SSSR count). The summed E-state index contributed by atoms with van der Waals surface area (Å²) in [5.41, 5.74) is 2.14. The van der Waals surface area contributed by atoms with Gasteiger partial charge in [0.15, 0.2) is 0 Å². The number of nitrogens with one attached hydrogen (secondary N) is 1. The number of piperazine rings is 1. The highest BCUT2D eigenvalue weighted by molar-refractivity contribution is 5.95. The first-order valence-corrected chi connectivity index (χ1v) is 13.4. The molecular weight excluding hydrogens is 516 g/mol. The second-order valence-electron chi connectivity index (χ2n) is 10.2. The van der Waals surface area contributed by atoms with Gasteiger partial charge in [0.2, 0.25) is 5.95 Å². The minimum Gasteiger partial charge on any atom is -0.379 e. The molecule has 4 heterocycles. The number of ether oxygens (including phenoxy) is 1. The maximum atomic E-state index is 15.1. The number of amides is 1. The summed E-state index contributed by atoms with van der Waals surface area (Å²) in [6, 6.07) is 11.7. The molecule has 0 unspecified atom stereocenters. The summed E-state index contributed by atoms with van der Waals surface area (Å²) >= 11 is 0. The van der Waals surface area contributed by atoms with Gasteiger partial charge in [-0.1, -0.05) is 6.07 Å². The third-order valence-corrected chi connectivity index (χ3v) is 7.47. The fraction of sp³-hybridized carbons (Fsp3) is 0.345. The van der Waals surface area contributed by atoms with Crippen LogP contribution in [0.5, 0.6) is 0 Å². The molecule has 1 amide bonds. The number of nitrogens with zero attached hydrogens (tertiary/aromatic N) is 6. The average molecular weight is 548 g/mol. The number of halogens is 2. The second kappa shape index (κ2) is 11.3. The van der Waals surface area contributed by atoms with E-state index in [-0.39, 0.29) is 18.0 Å². The van der Waals surface area contributed by atoms with Gasteiger partial charge in [-0.2, -0.15) is 4.98 Å². The van der Waals surface area contributed by atoms with Crippen molar-refractivity contribution in [3.8, 4) is 5.69 Å². The van der Waals surface area contributed by atoms with Crippen LogP contribution in [-0.2, 0) is 11.3 Å². The molecule has 4 aromatic rings. The molecule has 1 N–H and O–H groups in total. The van der Waals surface area contributed by atoms with Crippen LogP contribution in [0.4, 0.5) is 20.4 Å². The van der Waals surface area contributed by atoms with Gasteiger partial charge in [0, 0.05) is 80.4 Å². The molecule has 11 heteroatoms. The van der Waals surface area contributed by atoms with Crippen LogP contribution >= 0.6 is 0 Å². The number of morpholine rings is 1. The van der Waals surface area contributed by atoms with Crippen molar-refractivity contribution in [2.24, 2.45) is 0 Å². The van der Waals surface area contributed by atoms with Crippen LogP contribution in [-0.4, -0.2) is 94.7 Å². The van der Waals surface area contributed by atoms with Crippen molar-refractivity contribution in [2.75, 3.05) is 64.8 Å². The van der Waals surface area contributed by atoms with Gasteiger partial charge in [-0.3, -0.25) is 9.69 Å². The quantitative estimate of drug-likeness (QED) is 0.395. The van der Waals surface area contributed by atoms with Gasteiger partial charge in [-0.15, -0.1) is 0 Å². The zero-order valence-electron chi connectivity index (χ0n) is 22.3. The molecule has 9 nitrogen and oxygen atoms in total. The molecular formula is C29H31F2N7O2. The van der Waals surface area contributed by atoms with E-state index in [1.165, 1.54) is 12.1 Å². The molecule has 2 aromatic heterocycles. The Hall–Kier alpha value is -3.93. The molecule has 0 radical (unpaired) electrons. The fourth-order valence-electron chi connectivity index (χ4n) is 5.10. The van der Waals surface area contributed by atoms with Gasteiger partial charge in [-0.05, 0) is 43.4 Å². The molecule has 0 spiro atoms. The highest BCUT2D eigenvalue weighted by Crippen LogP contribution is 2.25. The number of hydrogen-bond acceptors (Lipinski definition) is 7. The van der Waals surface area contributed by atoms with E-state index >= 15 is 8.78 Å². The summed E-state index contributed by atoms with van der Waals surface area (Å²) in [5, 5.41) is 3.89. The fourth-order valence-corrected chi connectivity index (χ4v) is 5.10. The van der Waals surface area contributed by atoms with Gasteiger partial charge in [0.25, 0.3) is 5.91 Å². The Balaban J connectivity index is 1.23. The van der Waals surface area contributed by atoms with E-state index in [0.717, 1.165) is 18.5 Å². The van der Waals surface area contributed by atoms with Crippen LogP contribution in [0.25, 0.3) is 16.7 Å². The normalized spacial score (nSPS) is 16.9. The van der Waals surface area contributed by atoms with Gasteiger partial charge in [-0.25, -0.2) is 13.8 Å². The number of likely N-dealkylation sites (N-methyl/N-ethyl adjacent to an activating group) is 1. The first kappa shape index (κ1) is 26.3. The predicted molar refractivity (Wildman–Crippen MR) is 148 cm³/mol. The number of benzene rings is 2. The molecule has 0 atom stereocenters. The lowest BCUT2D eigenvalue weighted by Gasteiger charge is -2.32. The minimum absolute atomic E-state index is 0.0110. The van der Waals surface area contributed by atoms with E-state index < -0.39 is 11.6 Å². The van der Waals surface area contributed by atoms with Crippen molar-refractivity contribution in [2.45, 2.75) is 6.54 Å². The molecule has 0 saturated carbocycles. The Morgan fingerprint density at radius 2 is 1.75 bits per heavy atom. The molecule has 208 valence electrons. The monoisotopic (exact) mass is 547 g/mol. The first-order valence-electron chi connectivity index (χ1n) is 13.4. The average Bonchev–Trinajstić information content (AvgIpc) is 3.39. The lowest BCUT2D eigenvalue weighted by atomic mass is 10.1. The topological polar surface area (TPSA) is 78.8 Å². The predicted octanol–water partition coefficient (Wildman–Crippen LogP) is 3.66. The van der Waals surface area contributed by atoms with E-state index in [1.807, 2.05) is 29.0 Å². The lowest BCUT2D eigenvalue weighted by Crippen LogP contribution is -2.47. The molecule has 0 aliphatic carbocycles. The zero-order chi connectivity index (χ0) is 27.6. The second-order valence-corrected chi connectivity index (χ2v) is 10.2. The Labute approximate surface area is 231 Å². The highest BCUT2D eigenvalue weighted by Gasteiger charge is 2.21. The maximum absolute atomic E-state index is 15.1. The first-order chi connectivity index (χ1) is 19.4. The number of aromatic nitrogens is 3. The number of rotatable bonds is 6. The van der Waals surface area contributed by atoms with Crippen molar-refractivity contribution in [3.63, 3.8) is 0 Å². The van der Waals surface area contributed by atoms with E-state index in [1.54, 1.807) is 35.2 Å². The number of fused-ring (bicyclic) bond motifs is 1. The van der Waals surface area contributed by atoms with E-state index in [0.29, 0.717) is 67.9 Å². The van der Waals surface area contributed by atoms with E-state index in [2.05, 4.69) is 20.2 Å². The third-order valence-electron chi connectivity index (χ3n) is 7.47. The van der Waals surface area contributed by atoms with Crippen LogP contribution in [0.3, 0.4) is 0 Å². The van der Waals surface area contributed by atoms with Crippen molar-refractivity contribution in [1.82, 2.24) is 29.2 Å². The Kier molecular flexibility index (Phi) is 7.42. The molecule has 40 heavy (non-hydrogen) atoms. The van der Waals surface area contributed by atoms with Crippen LogP contribution < -0.4 is 5.32 Å². The molecule has 0 bridgehead atoms. The molecule has 2 aliphatic heterocycles. The van der Waals surface area contributed by atoms with Crippen molar-refractivity contribution < 1.29 is 18.3 Å². The number of carbonyl (C=O) groups excluding carboxylic acids is 1. The Morgan fingerprint density at radius 3 is 2.50 bits per heavy atom. The number of carbonyl (C=O) groups is 1. The summed E-state index contributed by atoms with van der Waals surface area (Å²) < 4.78 is 37.2. The smallest absolute Gasteiger partial charge is 0.254 e. The summed E-state index contributed by atoms with van der Waals surface area (Å²) in [7, 11) is 2.05. The van der Waals surface area contributed by atoms with Crippen LogP contribution in [0, 0.1) is 11.6 Å². The van der Waals surface area contributed by atoms with Crippen LogP contribution in [0.15, 0.2) is 54.9 Å². The van der Waals surface area contributed by atoms with E-state index in [4.69, 9.17) is 4.74 Å². The maximum Gasteiger partial charge on any atom is 0.254 e. The Morgan fingerprint density at radius 1 is 1.00 bits per heavy atom. The summed E-state index contributed by atoms with van der Waals surface area (Å²) in [4.78, 5) is 28.1. The number of hydrogen-bond donors (Lipinski definition) is 1. The van der Waals surface area contributed by atoms with E-state index in [9.17, 15) is 4.79 Å². The third kappa shape index (κ3) is 5.53. The molecule has 2 aromatic carbocycles. The standard InChI is InChI=1S/C29H31F2N7O2/c1-35-7-9-37(10-8-35)28(39)20-3-2-4-22(15-20)33-29-32-18-21-5-6-38(27(21)34-29)23-16-25(30)24(26(31)17-23)19-36-11-13-40-14-12-36/h2-6,15-18H,7-14,19H2,1H3,(H,32,33,34). The summed E-state index contributed by atoms with van der Waals surface area (Å²) in [6.45, 7) is 5.68. The highest BCUT2D eigenvalue weighted by atomic mass is 19.1. The molecule has 2 aliphatic rings. The zero-order valence-corrected chi connectivity index (χ0v) is 22.3. The van der Waals surface area contributed by atoms with Gasteiger partial charge in [0.05, 0.1) is 18.9 Å². The lowest BCUT2D eigenvalue weighted by molar-refractivity contribution is 0.0332. The summed E-state index contributed by atoms with van der Waals surface area (Å²) in [5.74, 6) is -0.903. The molecule has 2 fully saturated rings. The van der Waals surface area contributed by atoms with Crippen molar-refractivity contribution >= 4 is 28.6 Å². The van der Waals surface area contributed by atoms with Gasteiger partial charge < -0.3 is 24.4 Å². The van der Waals surface area contributed by atoms with Crippen LogP contribution in [0.1, 0.15) is 15.9 Å². The number of anilines is 2. The van der Waals surface area contributed by atoms with Crippen LogP contribution in [0.2, 0.25) is 0 Å². The molecule has 2 saturated heterocycles. The Bertz CT molecular complexity index is 1510. The minimum atomic E-state index is -0.599. The summed E-state index contributed by atoms with van der Waals surface area (Å²) in [6.07, 6.45) is 3.37. The van der Waals surface area contributed by atoms with Gasteiger partial charge >= 0.3 is 0 Å². The van der Waals surface area contributed by atoms with Gasteiger partial charge in [0.1, 0.15) is 17.3 Å². The SMILES string of the molecule is CN1CCN(C(=O)c2cccc(Nc3ncc4ccn(-c5cc(F)c(CN6CCOCC6)c(F)c5)c4n3)c2)CC1. The van der Waals surface area contributed by atoms with Crippen molar-refractivity contribution in [1.29, 1.82) is 0 Å². The van der Waals surface area contributed by atoms with Crippen molar-refractivity contribution in [3.05, 3.63) is 77.6 Å².